The molecule has 0 bridgehead atoms. The van der Waals surface area contributed by atoms with Gasteiger partial charge < -0.3 is 4.90 Å². The number of nitrogens with zero attached hydrogens (tertiary/aromatic N) is 1. The molecule has 0 saturated heterocycles. The molecule has 0 fully saturated rings. The van der Waals surface area contributed by atoms with Gasteiger partial charge in [-0.25, -0.2) is 8.78 Å². The van der Waals surface area contributed by atoms with Crippen LogP contribution >= 0.6 is 0 Å². The third-order valence-electron chi connectivity index (χ3n) is 6.41. The summed E-state index contributed by atoms with van der Waals surface area (Å²) in [5, 5.41) is 0. The highest BCUT2D eigenvalue weighted by molar-refractivity contribution is 5.88. The number of hydrogen-bond acceptors (Lipinski definition) is 1. The zero-order valence-corrected chi connectivity index (χ0v) is 17.8. The van der Waals surface area contributed by atoms with E-state index in [-0.39, 0.29) is 17.0 Å². The molecule has 1 aliphatic rings. The molecule has 0 amide bonds. The van der Waals surface area contributed by atoms with Crippen LogP contribution in [0.5, 0.6) is 0 Å². The summed E-state index contributed by atoms with van der Waals surface area (Å²) in [4.78, 5) is 1.57. The molecule has 4 aromatic rings. The number of fused-ring (bicyclic) bond motifs is 3. The van der Waals surface area contributed by atoms with Gasteiger partial charge in [-0.05, 0) is 57.6 Å². The van der Waals surface area contributed by atoms with Crippen molar-refractivity contribution in [1.29, 1.82) is 0 Å². The average Bonchev–Trinajstić information content (AvgIpc) is 3.02. The first-order chi connectivity index (χ1) is 14.9. The van der Waals surface area contributed by atoms with E-state index in [1.807, 2.05) is 12.1 Å². The first kappa shape index (κ1) is 19.5. The molecule has 31 heavy (non-hydrogen) atoms. The summed E-state index contributed by atoms with van der Waals surface area (Å²) >= 11 is 0. The van der Waals surface area contributed by atoms with Crippen molar-refractivity contribution in [2.75, 3.05) is 11.9 Å². The molecule has 0 heterocycles. The van der Waals surface area contributed by atoms with Gasteiger partial charge in [0.15, 0.2) is 0 Å². The van der Waals surface area contributed by atoms with Gasteiger partial charge in [0.05, 0.1) is 11.4 Å². The maximum atomic E-state index is 14.8. The Balaban J connectivity index is 1.68. The van der Waals surface area contributed by atoms with Gasteiger partial charge in [-0.15, -0.1) is 0 Å². The fourth-order valence-electron chi connectivity index (χ4n) is 4.88. The monoisotopic (exact) mass is 411 g/mol. The van der Waals surface area contributed by atoms with Crippen molar-refractivity contribution in [2.24, 2.45) is 0 Å². The number of hydrogen-bond donors (Lipinski definition) is 0. The quantitative estimate of drug-likeness (QED) is 0.334. The lowest BCUT2D eigenvalue weighted by Gasteiger charge is -2.25. The maximum Gasteiger partial charge on any atom is 0.146 e. The van der Waals surface area contributed by atoms with E-state index >= 15 is 0 Å². The molecule has 4 aromatic carbocycles. The Bertz CT molecular complexity index is 1310. The average molecular weight is 411 g/mol. The summed E-state index contributed by atoms with van der Waals surface area (Å²) in [7, 11) is 1.69. The minimum atomic E-state index is -0.385. The van der Waals surface area contributed by atoms with Crippen molar-refractivity contribution in [3.63, 3.8) is 0 Å². The van der Waals surface area contributed by atoms with Crippen LogP contribution in [0.1, 0.15) is 25.0 Å². The molecule has 0 aromatic heterocycles. The van der Waals surface area contributed by atoms with Crippen LogP contribution in [0, 0.1) is 11.6 Å². The van der Waals surface area contributed by atoms with Crippen molar-refractivity contribution >= 4 is 11.4 Å². The highest BCUT2D eigenvalue weighted by Gasteiger charge is 2.37. The molecule has 1 aliphatic carbocycles. The Morgan fingerprint density at radius 3 is 2.10 bits per heavy atom. The highest BCUT2D eigenvalue weighted by Crippen LogP contribution is 2.52. The van der Waals surface area contributed by atoms with Crippen LogP contribution < -0.4 is 4.90 Å². The third kappa shape index (κ3) is 2.96. The summed E-state index contributed by atoms with van der Waals surface area (Å²) in [5.41, 5.74) is 7.48. The van der Waals surface area contributed by atoms with Crippen LogP contribution in [0.15, 0.2) is 84.9 Å². The summed E-state index contributed by atoms with van der Waals surface area (Å²) in [6.45, 7) is 4.47. The fraction of sp³-hybridized carbons (Fsp3) is 0.143. The highest BCUT2D eigenvalue weighted by atomic mass is 19.1. The number of halogens is 2. The zero-order valence-electron chi connectivity index (χ0n) is 17.8. The Morgan fingerprint density at radius 1 is 0.645 bits per heavy atom. The largest absolute Gasteiger partial charge is 0.340 e. The zero-order chi connectivity index (χ0) is 21.8. The molecule has 0 unspecified atom stereocenters. The van der Waals surface area contributed by atoms with Crippen molar-refractivity contribution in [3.8, 4) is 22.3 Å². The number of benzene rings is 4. The smallest absolute Gasteiger partial charge is 0.146 e. The molecule has 0 atom stereocenters. The molecule has 0 saturated carbocycles. The van der Waals surface area contributed by atoms with Gasteiger partial charge >= 0.3 is 0 Å². The first-order valence-electron chi connectivity index (χ1n) is 10.4. The van der Waals surface area contributed by atoms with Gasteiger partial charge in [-0.2, -0.15) is 0 Å². The first-order valence-corrected chi connectivity index (χ1v) is 10.4. The van der Waals surface area contributed by atoms with Crippen LogP contribution in [0.25, 0.3) is 22.3 Å². The number of anilines is 2. The second-order valence-corrected chi connectivity index (χ2v) is 8.58. The molecule has 0 spiro atoms. The van der Waals surface area contributed by atoms with Gasteiger partial charge in [0.2, 0.25) is 0 Å². The molecule has 3 heteroatoms. The standard InChI is InChI=1S/C28H23F2N/c1-28(2)22-12-5-4-9-20(22)21-11-8-10-19(27(21)28)18-15-16-24(30)26(17-18)31(3)25-14-7-6-13-23(25)29/h4-17H,1-3H3. The van der Waals surface area contributed by atoms with E-state index in [1.165, 1.54) is 34.4 Å². The second kappa shape index (κ2) is 7.05. The molecule has 0 radical (unpaired) electrons. The van der Waals surface area contributed by atoms with Gasteiger partial charge in [0, 0.05) is 12.5 Å². The normalized spacial score (nSPS) is 13.6. The van der Waals surface area contributed by atoms with Crippen molar-refractivity contribution < 1.29 is 8.78 Å². The SMILES string of the molecule is CN(c1ccccc1F)c1cc(-c2cccc3c2C(C)(C)c2ccccc2-3)ccc1F. The number of rotatable bonds is 3. The van der Waals surface area contributed by atoms with E-state index < -0.39 is 0 Å². The Hall–Kier alpha value is -3.46. The number of para-hydroxylation sites is 1. The van der Waals surface area contributed by atoms with Crippen LogP contribution in [-0.2, 0) is 5.41 Å². The van der Waals surface area contributed by atoms with E-state index in [0.717, 1.165) is 11.1 Å². The molecule has 1 nitrogen and oxygen atoms in total. The fourth-order valence-corrected chi connectivity index (χ4v) is 4.88. The Kier molecular flexibility index (Phi) is 4.44. The molecule has 0 aliphatic heterocycles. The van der Waals surface area contributed by atoms with Gasteiger partial charge in [0.1, 0.15) is 11.6 Å². The molecule has 0 N–H and O–H groups in total. The summed E-state index contributed by atoms with van der Waals surface area (Å²) < 4.78 is 29.2. The lowest BCUT2D eigenvalue weighted by molar-refractivity contribution is 0.617. The molecule has 5 rings (SSSR count). The van der Waals surface area contributed by atoms with Gasteiger partial charge in [-0.3, -0.25) is 0 Å². The van der Waals surface area contributed by atoms with E-state index in [2.05, 4.69) is 56.3 Å². The summed E-state index contributed by atoms with van der Waals surface area (Å²) in [6, 6.07) is 26.3. The van der Waals surface area contributed by atoms with E-state index in [4.69, 9.17) is 0 Å². The topological polar surface area (TPSA) is 3.24 Å². The van der Waals surface area contributed by atoms with Crippen LogP contribution in [0.4, 0.5) is 20.2 Å². The van der Waals surface area contributed by atoms with Gasteiger partial charge in [0.25, 0.3) is 0 Å². The van der Waals surface area contributed by atoms with Crippen molar-refractivity contribution in [2.45, 2.75) is 19.3 Å². The minimum Gasteiger partial charge on any atom is -0.340 e. The minimum absolute atomic E-state index is 0.172. The summed E-state index contributed by atoms with van der Waals surface area (Å²) in [6.07, 6.45) is 0. The van der Waals surface area contributed by atoms with Gasteiger partial charge in [-0.1, -0.05) is 74.5 Å². The van der Waals surface area contributed by atoms with Crippen LogP contribution in [0.2, 0.25) is 0 Å². The Morgan fingerprint density at radius 2 is 1.29 bits per heavy atom. The maximum absolute atomic E-state index is 14.8. The van der Waals surface area contributed by atoms with Crippen molar-refractivity contribution in [3.05, 3.63) is 108 Å². The lowest BCUT2D eigenvalue weighted by atomic mass is 9.79. The Labute approximate surface area is 181 Å². The van der Waals surface area contributed by atoms with E-state index in [9.17, 15) is 8.78 Å². The van der Waals surface area contributed by atoms with Crippen LogP contribution in [-0.4, -0.2) is 7.05 Å². The van der Waals surface area contributed by atoms with Crippen molar-refractivity contribution in [1.82, 2.24) is 0 Å². The van der Waals surface area contributed by atoms with Crippen LogP contribution in [0.3, 0.4) is 0 Å². The van der Waals surface area contributed by atoms with E-state index in [0.29, 0.717) is 11.4 Å². The third-order valence-corrected chi connectivity index (χ3v) is 6.41. The predicted octanol–water partition coefficient (Wildman–Crippen LogP) is 7.71. The molecular formula is C28H23F2N. The lowest BCUT2D eigenvalue weighted by Crippen LogP contribution is -2.16. The summed E-state index contributed by atoms with van der Waals surface area (Å²) in [5.74, 6) is -0.767. The van der Waals surface area contributed by atoms with E-state index in [1.54, 1.807) is 30.1 Å². The molecule has 154 valence electrons. The predicted molar refractivity (Wildman–Crippen MR) is 124 cm³/mol. The second-order valence-electron chi connectivity index (χ2n) is 8.58. The molecular weight excluding hydrogens is 388 g/mol.